The SMILES string of the molecule is O=C(O)c1ccc2oncc2c1. The normalized spacial score (nSPS) is 10.3. The molecular formula is C8H5NO3. The Morgan fingerprint density at radius 2 is 2.33 bits per heavy atom. The monoisotopic (exact) mass is 163 g/mol. The molecule has 0 radical (unpaired) electrons. The quantitative estimate of drug-likeness (QED) is 0.692. The number of aromatic nitrogens is 1. The molecule has 0 saturated heterocycles. The average Bonchev–Trinajstić information content (AvgIpc) is 2.49. The van der Waals surface area contributed by atoms with E-state index in [4.69, 9.17) is 9.63 Å². The van der Waals surface area contributed by atoms with E-state index in [0.717, 1.165) is 0 Å². The molecule has 0 unspecified atom stereocenters. The van der Waals surface area contributed by atoms with Crippen LogP contribution in [-0.4, -0.2) is 16.2 Å². The Morgan fingerprint density at radius 1 is 1.50 bits per heavy atom. The van der Waals surface area contributed by atoms with Gasteiger partial charge in [-0.1, -0.05) is 5.16 Å². The second-order valence-corrected chi connectivity index (χ2v) is 2.38. The fourth-order valence-electron chi connectivity index (χ4n) is 1.01. The summed E-state index contributed by atoms with van der Waals surface area (Å²) in [5, 5.41) is 12.9. The van der Waals surface area contributed by atoms with E-state index >= 15 is 0 Å². The van der Waals surface area contributed by atoms with Crippen molar-refractivity contribution in [1.82, 2.24) is 5.16 Å². The predicted molar refractivity (Wildman–Crippen MR) is 41.0 cm³/mol. The Balaban J connectivity index is 2.68. The number of nitrogens with zero attached hydrogens (tertiary/aromatic N) is 1. The van der Waals surface area contributed by atoms with Crippen LogP contribution in [0.2, 0.25) is 0 Å². The van der Waals surface area contributed by atoms with Gasteiger partial charge in [-0.2, -0.15) is 0 Å². The van der Waals surface area contributed by atoms with Crippen LogP contribution in [0.3, 0.4) is 0 Å². The number of benzene rings is 1. The first-order valence-corrected chi connectivity index (χ1v) is 3.35. The minimum atomic E-state index is -0.946. The summed E-state index contributed by atoms with van der Waals surface area (Å²) < 4.78 is 4.81. The standard InChI is InChI=1S/C8H5NO3/c10-8(11)5-1-2-7-6(3-5)4-9-12-7/h1-4H,(H,10,11). The van der Waals surface area contributed by atoms with E-state index in [1.54, 1.807) is 6.07 Å². The van der Waals surface area contributed by atoms with Gasteiger partial charge in [0.05, 0.1) is 11.8 Å². The van der Waals surface area contributed by atoms with E-state index in [0.29, 0.717) is 11.0 Å². The van der Waals surface area contributed by atoms with Crippen molar-refractivity contribution < 1.29 is 14.4 Å². The third kappa shape index (κ3) is 0.934. The molecule has 0 spiro atoms. The van der Waals surface area contributed by atoms with Crippen LogP contribution >= 0.6 is 0 Å². The number of rotatable bonds is 1. The van der Waals surface area contributed by atoms with Crippen LogP contribution in [-0.2, 0) is 0 Å². The second kappa shape index (κ2) is 2.34. The van der Waals surface area contributed by atoms with Crippen LogP contribution in [0.5, 0.6) is 0 Å². The van der Waals surface area contributed by atoms with Crippen LogP contribution < -0.4 is 0 Å². The molecule has 0 fully saturated rings. The van der Waals surface area contributed by atoms with Gasteiger partial charge in [0.1, 0.15) is 0 Å². The Kier molecular flexibility index (Phi) is 1.33. The van der Waals surface area contributed by atoms with Crippen molar-refractivity contribution in [3.63, 3.8) is 0 Å². The highest BCUT2D eigenvalue weighted by atomic mass is 16.5. The van der Waals surface area contributed by atoms with Crippen molar-refractivity contribution in [2.45, 2.75) is 0 Å². The van der Waals surface area contributed by atoms with E-state index in [9.17, 15) is 4.79 Å². The lowest BCUT2D eigenvalue weighted by Gasteiger charge is -1.91. The van der Waals surface area contributed by atoms with Crippen LogP contribution in [0.1, 0.15) is 10.4 Å². The Morgan fingerprint density at radius 3 is 3.08 bits per heavy atom. The van der Waals surface area contributed by atoms with Gasteiger partial charge in [-0.15, -0.1) is 0 Å². The van der Waals surface area contributed by atoms with E-state index in [1.807, 2.05) is 0 Å². The number of fused-ring (bicyclic) bond motifs is 1. The summed E-state index contributed by atoms with van der Waals surface area (Å²) in [5.74, 6) is -0.946. The predicted octanol–water partition coefficient (Wildman–Crippen LogP) is 1.53. The summed E-state index contributed by atoms with van der Waals surface area (Å²) in [6.45, 7) is 0. The minimum Gasteiger partial charge on any atom is -0.478 e. The first kappa shape index (κ1) is 6.84. The molecule has 2 aromatic rings. The molecule has 2 rings (SSSR count). The molecule has 1 aromatic carbocycles. The zero-order chi connectivity index (χ0) is 8.55. The van der Waals surface area contributed by atoms with Gasteiger partial charge in [-0.25, -0.2) is 4.79 Å². The minimum absolute atomic E-state index is 0.241. The number of carboxylic acids is 1. The number of hydrogen-bond donors (Lipinski definition) is 1. The van der Waals surface area contributed by atoms with Crippen molar-refractivity contribution in [2.75, 3.05) is 0 Å². The molecule has 0 aliphatic heterocycles. The van der Waals surface area contributed by atoms with Crippen LogP contribution in [0.15, 0.2) is 28.9 Å². The summed E-state index contributed by atoms with van der Waals surface area (Å²) in [5.41, 5.74) is 0.839. The molecular weight excluding hydrogens is 158 g/mol. The highest BCUT2D eigenvalue weighted by Crippen LogP contribution is 2.14. The van der Waals surface area contributed by atoms with Crippen molar-refractivity contribution in [1.29, 1.82) is 0 Å². The summed E-state index contributed by atoms with van der Waals surface area (Å²) in [7, 11) is 0. The third-order valence-corrected chi connectivity index (χ3v) is 1.60. The molecule has 0 aliphatic rings. The maximum Gasteiger partial charge on any atom is 0.335 e. The molecule has 4 heteroatoms. The van der Waals surface area contributed by atoms with Gasteiger partial charge < -0.3 is 9.63 Å². The van der Waals surface area contributed by atoms with Gasteiger partial charge >= 0.3 is 5.97 Å². The molecule has 1 N–H and O–H groups in total. The molecule has 1 aromatic heterocycles. The summed E-state index contributed by atoms with van der Waals surface area (Å²) >= 11 is 0. The summed E-state index contributed by atoms with van der Waals surface area (Å²) in [6.07, 6.45) is 1.49. The smallest absolute Gasteiger partial charge is 0.335 e. The topological polar surface area (TPSA) is 63.3 Å². The fourth-order valence-corrected chi connectivity index (χ4v) is 1.01. The van der Waals surface area contributed by atoms with Gasteiger partial charge in [0.15, 0.2) is 5.58 Å². The maximum absolute atomic E-state index is 10.5. The fraction of sp³-hybridized carbons (Fsp3) is 0. The summed E-state index contributed by atoms with van der Waals surface area (Å²) in [6, 6.07) is 4.59. The first-order chi connectivity index (χ1) is 5.77. The highest BCUT2D eigenvalue weighted by molar-refractivity contribution is 5.92. The molecule has 0 aliphatic carbocycles. The van der Waals surface area contributed by atoms with Crippen molar-refractivity contribution in [2.24, 2.45) is 0 Å². The van der Waals surface area contributed by atoms with Gasteiger partial charge in [0.2, 0.25) is 0 Å². The van der Waals surface area contributed by atoms with Gasteiger partial charge in [0.25, 0.3) is 0 Å². The Bertz CT molecular complexity index is 433. The molecule has 0 bridgehead atoms. The first-order valence-electron chi connectivity index (χ1n) is 3.35. The number of aromatic carboxylic acids is 1. The Labute approximate surface area is 67.4 Å². The van der Waals surface area contributed by atoms with E-state index in [1.165, 1.54) is 18.3 Å². The molecule has 0 amide bonds. The summed E-state index contributed by atoms with van der Waals surface area (Å²) in [4.78, 5) is 10.5. The molecule has 0 atom stereocenters. The van der Waals surface area contributed by atoms with Crippen molar-refractivity contribution >= 4 is 16.9 Å². The maximum atomic E-state index is 10.5. The molecule has 4 nitrogen and oxygen atoms in total. The average molecular weight is 163 g/mol. The highest BCUT2D eigenvalue weighted by Gasteiger charge is 2.04. The van der Waals surface area contributed by atoms with Crippen LogP contribution in [0.4, 0.5) is 0 Å². The lowest BCUT2D eigenvalue weighted by Crippen LogP contribution is -1.94. The van der Waals surface area contributed by atoms with E-state index < -0.39 is 5.97 Å². The largest absolute Gasteiger partial charge is 0.478 e. The van der Waals surface area contributed by atoms with E-state index in [-0.39, 0.29) is 5.56 Å². The lowest BCUT2D eigenvalue weighted by atomic mass is 10.2. The number of carboxylic acid groups (broad SMARTS) is 1. The van der Waals surface area contributed by atoms with Crippen molar-refractivity contribution in [3.05, 3.63) is 30.0 Å². The number of carbonyl (C=O) groups is 1. The van der Waals surface area contributed by atoms with Crippen LogP contribution in [0, 0.1) is 0 Å². The van der Waals surface area contributed by atoms with Gasteiger partial charge in [0, 0.05) is 5.39 Å². The lowest BCUT2D eigenvalue weighted by molar-refractivity contribution is 0.0697. The number of hydrogen-bond acceptors (Lipinski definition) is 3. The van der Waals surface area contributed by atoms with Gasteiger partial charge in [-0.3, -0.25) is 0 Å². The van der Waals surface area contributed by atoms with Crippen molar-refractivity contribution in [3.8, 4) is 0 Å². The molecule has 60 valence electrons. The molecule has 12 heavy (non-hydrogen) atoms. The zero-order valence-corrected chi connectivity index (χ0v) is 6.02. The zero-order valence-electron chi connectivity index (χ0n) is 6.02. The van der Waals surface area contributed by atoms with E-state index in [2.05, 4.69) is 5.16 Å². The molecule has 1 heterocycles. The molecule has 0 saturated carbocycles. The third-order valence-electron chi connectivity index (χ3n) is 1.60. The second-order valence-electron chi connectivity index (χ2n) is 2.38. The van der Waals surface area contributed by atoms with Gasteiger partial charge in [-0.05, 0) is 18.2 Å². The van der Waals surface area contributed by atoms with Crippen LogP contribution in [0.25, 0.3) is 11.0 Å². The Hall–Kier alpha value is -1.84.